The van der Waals surface area contributed by atoms with Crippen molar-refractivity contribution in [2.75, 3.05) is 13.4 Å². The van der Waals surface area contributed by atoms with E-state index in [1.54, 1.807) is 6.07 Å². The Morgan fingerprint density at radius 3 is 2.68 bits per heavy atom. The molecule has 0 saturated heterocycles. The van der Waals surface area contributed by atoms with Crippen molar-refractivity contribution >= 4 is 11.8 Å². The molecule has 0 amide bonds. The molecule has 2 heterocycles. The molecule has 0 N–H and O–H groups in total. The van der Waals surface area contributed by atoms with Crippen molar-refractivity contribution in [1.82, 2.24) is 9.78 Å². The summed E-state index contributed by atoms with van der Waals surface area (Å²) in [5.74, 6) is -0.449. The highest BCUT2D eigenvalue weighted by Gasteiger charge is 2.33. The second-order valence-electron chi connectivity index (χ2n) is 5.05. The van der Waals surface area contributed by atoms with Crippen LogP contribution in [0.3, 0.4) is 0 Å². The molecule has 0 radical (unpaired) electrons. The fourth-order valence-electron chi connectivity index (χ4n) is 2.08. The van der Waals surface area contributed by atoms with Crippen LogP contribution in [-0.4, -0.2) is 34.9 Å². The Labute approximate surface area is 138 Å². The molecule has 1 aliphatic rings. The fraction of sp³-hybridized carbons (Fsp3) is 0.267. The number of ketones is 1. The van der Waals surface area contributed by atoms with Crippen molar-refractivity contribution in [3.05, 3.63) is 41.7 Å². The van der Waals surface area contributed by atoms with Crippen LogP contribution in [0, 0.1) is 0 Å². The SMILES string of the molecule is O=C(Cn1ccc(C(F)(F)F)n1)OCC(=O)c1ccc2c(c1)OCO2. The zero-order valence-electron chi connectivity index (χ0n) is 12.6. The molecule has 0 bridgehead atoms. The summed E-state index contributed by atoms with van der Waals surface area (Å²) < 4.78 is 53.1. The lowest BCUT2D eigenvalue weighted by Gasteiger charge is -2.06. The number of carbonyl (C=O) groups is 2. The molecule has 1 aromatic heterocycles. The van der Waals surface area contributed by atoms with Crippen molar-refractivity contribution in [1.29, 1.82) is 0 Å². The molecule has 0 fully saturated rings. The van der Waals surface area contributed by atoms with Gasteiger partial charge >= 0.3 is 12.1 Å². The number of carbonyl (C=O) groups excluding carboxylic acids is 2. The predicted octanol–water partition coefficient (Wildman–Crippen LogP) is 2.06. The van der Waals surface area contributed by atoms with Crippen LogP contribution in [0.5, 0.6) is 11.5 Å². The Kier molecular flexibility index (Phi) is 4.34. The number of esters is 1. The van der Waals surface area contributed by atoms with Gasteiger partial charge in [-0.25, -0.2) is 0 Å². The minimum absolute atomic E-state index is 0.0613. The third kappa shape index (κ3) is 3.90. The van der Waals surface area contributed by atoms with E-state index in [-0.39, 0.29) is 12.4 Å². The van der Waals surface area contributed by atoms with Gasteiger partial charge in [-0.05, 0) is 24.3 Å². The molecule has 132 valence electrons. The fourth-order valence-corrected chi connectivity index (χ4v) is 2.08. The van der Waals surface area contributed by atoms with Crippen LogP contribution < -0.4 is 9.47 Å². The highest BCUT2D eigenvalue weighted by Crippen LogP contribution is 2.32. The zero-order chi connectivity index (χ0) is 18.0. The second kappa shape index (κ2) is 6.46. The summed E-state index contributed by atoms with van der Waals surface area (Å²) in [6.45, 7) is -1.03. The van der Waals surface area contributed by atoms with E-state index >= 15 is 0 Å². The molecule has 10 heteroatoms. The quantitative estimate of drug-likeness (QED) is 0.603. The molecule has 0 atom stereocenters. The maximum absolute atomic E-state index is 12.4. The van der Waals surface area contributed by atoms with Crippen LogP contribution >= 0.6 is 0 Å². The second-order valence-corrected chi connectivity index (χ2v) is 5.05. The lowest BCUT2D eigenvalue weighted by atomic mass is 10.1. The van der Waals surface area contributed by atoms with E-state index in [4.69, 9.17) is 14.2 Å². The van der Waals surface area contributed by atoms with Crippen molar-refractivity contribution in [2.45, 2.75) is 12.7 Å². The normalized spacial score (nSPS) is 12.9. The largest absolute Gasteiger partial charge is 0.456 e. The number of hydrogen-bond acceptors (Lipinski definition) is 6. The number of hydrogen-bond donors (Lipinski definition) is 0. The van der Waals surface area contributed by atoms with Crippen LogP contribution in [0.25, 0.3) is 0 Å². The van der Waals surface area contributed by atoms with Crippen LogP contribution in [0.1, 0.15) is 16.1 Å². The summed E-state index contributed by atoms with van der Waals surface area (Å²) in [7, 11) is 0. The summed E-state index contributed by atoms with van der Waals surface area (Å²) in [5, 5.41) is 3.22. The topological polar surface area (TPSA) is 79.7 Å². The van der Waals surface area contributed by atoms with Crippen LogP contribution in [-0.2, 0) is 22.3 Å². The van der Waals surface area contributed by atoms with Gasteiger partial charge in [0.25, 0.3) is 0 Å². The van der Waals surface area contributed by atoms with Gasteiger partial charge in [0.15, 0.2) is 29.6 Å². The van der Waals surface area contributed by atoms with Gasteiger partial charge in [-0.15, -0.1) is 0 Å². The summed E-state index contributed by atoms with van der Waals surface area (Å²) in [5.41, 5.74) is -0.854. The summed E-state index contributed by atoms with van der Waals surface area (Å²) in [6, 6.07) is 5.25. The third-order valence-corrected chi connectivity index (χ3v) is 3.28. The highest BCUT2D eigenvalue weighted by atomic mass is 19.4. The first kappa shape index (κ1) is 16.8. The molecular weight excluding hydrogens is 345 g/mol. The third-order valence-electron chi connectivity index (χ3n) is 3.28. The lowest BCUT2D eigenvalue weighted by molar-refractivity contribution is -0.145. The number of benzene rings is 1. The van der Waals surface area contributed by atoms with Crippen molar-refractivity contribution in [3.63, 3.8) is 0 Å². The van der Waals surface area contributed by atoms with Gasteiger partial charge in [-0.1, -0.05) is 0 Å². The van der Waals surface area contributed by atoms with E-state index in [2.05, 4.69) is 5.10 Å². The van der Waals surface area contributed by atoms with Crippen molar-refractivity contribution in [2.24, 2.45) is 0 Å². The van der Waals surface area contributed by atoms with Crippen LogP contribution in [0.4, 0.5) is 13.2 Å². The van der Waals surface area contributed by atoms with Gasteiger partial charge in [0, 0.05) is 11.8 Å². The van der Waals surface area contributed by atoms with Crippen LogP contribution in [0.15, 0.2) is 30.5 Å². The molecule has 3 rings (SSSR count). The first-order chi connectivity index (χ1) is 11.8. The van der Waals surface area contributed by atoms with Crippen LogP contribution in [0.2, 0.25) is 0 Å². The van der Waals surface area contributed by atoms with E-state index in [0.29, 0.717) is 11.5 Å². The smallest absolute Gasteiger partial charge is 0.435 e. The number of ether oxygens (including phenoxy) is 3. The van der Waals surface area contributed by atoms with E-state index in [1.807, 2.05) is 0 Å². The minimum Gasteiger partial charge on any atom is -0.456 e. The average molecular weight is 356 g/mol. The molecule has 1 aromatic carbocycles. The number of Topliss-reactive ketones (excluding diaryl/α,β-unsaturated/α-hetero) is 1. The van der Waals surface area contributed by atoms with E-state index < -0.39 is 36.8 Å². The first-order valence-corrected chi connectivity index (χ1v) is 7.02. The molecule has 7 nitrogen and oxygen atoms in total. The van der Waals surface area contributed by atoms with Gasteiger partial charge < -0.3 is 14.2 Å². The summed E-state index contributed by atoms with van der Waals surface area (Å²) in [6.07, 6.45) is -3.59. The van der Waals surface area contributed by atoms with Crippen molar-refractivity contribution < 1.29 is 37.0 Å². The van der Waals surface area contributed by atoms with E-state index in [9.17, 15) is 22.8 Å². The Morgan fingerprint density at radius 2 is 1.96 bits per heavy atom. The lowest BCUT2D eigenvalue weighted by Crippen LogP contribution is -2.19. The number of aromatic nitrogens is 2. The standard InChI is InChI=1S/C15H11F3N2O5/c16-15(17,18)13-3-4-20(19-13)6-14(22)23-7-10(21)9-1-2-11-12(5-9)25-8-24-11/h1-5H,6-8H2. The maximum Gasteiger partial charge on any atom is 0.435 e. The maximum atomic E-state index is 12.4. The molecule has 2 aromatic rings. The van der Waals surface area contributed by atoms with E-state index in [0.717, 1.165) is 16.9 Å². The number of halogens is 3. The van der Waals surface area contributed by atoms with Crippen molar-refractivity contribution in [3.8, 4) is 11.5 Å². The summed E-state index contributed by atoms with van der Waals surface area (Å²) in [4.78, 5) is 23.6. The van der Waals surface area contributed by atoms with E-state index in [1.165, 1.54) is 12.1 Å². The zero-order valence-corrected chi connectivity index (χ0v) is 12.6. The Hall–Kier alpha value is -3.04. The Balaban J connectivity index is 1.53. The van der Waals surface area contributed by atoms with Gasteiger partial charge in [0.05, 0.1) is 0 Å². The Morgan fingerprint density at radius 1 is 1.20 bits per heavy atom. The molecule has 0 aliphatic carbocycles. The predicted molar refractivity (Wildman–Crippen MR) is 75.1 cm³/mol. The monoisotopic (exact) mass is 356 g/mol. The minimum atomic E-state index is -4.59. The number of fused-ring (bicyclic) bond motifs is 1. The number of rotatable bonds is 5. The molecule has 0 saturated carbocycles. The number of alkyl halides is 3. The molecule has 0 unspecified atom stereocenters. The molecular formula is C15H11F3N2O5. The van der Waals surface area contributed by atoms with Gasteiger partial charge in [0.2, 0.25) is 6.79 Å². The Bertz CT molecular complexity index is 816. The van der Waals surface area contributed by atoms with Gasteiger partial charge in [-0.3, -0.25) is 14.3 Å². The van der Waals surface area contributed by atoms with Gasteiger partial charge in [-0.2, -0.15) is 18.3 Å². The average Bonchev–Trinajstić information content (AvgIpc) is 3.20. The number of nitrogens with zero attached hydrogens (tertiary/aromatic N) is 2. The first-order valence-electron chi connectivity index (χ1n) is 7.02. The van der Waals surface area contributed by atoms with Gasteiger partial charge in [0.1, 0.15) is 6.54 Å². The highest BCUT2D eigenvalue weighted by molar-refractivity contribution is 5.98. The summed E-state index contributed by atoms with van der Waals surface area (Å²) >= 11 is 0. The molecule has 25 heavy (non-hydrogen) atoms. The molecule has 0 spiro atoms. The molecule has 1 aliphatic heterocycles.